The second-order valence-electron chi connectivity index (χ2n) is 6.44. The van der Waals surface area contributed by atoms with Crippen molar-refractivity contribution in [2.24, 2.45) is 5.92 Å². The average Bonchev–Trinajstić information content (AvgIpc) is 2.73. The Morgan fingerprint density at radius 1 is 1.19 bits per heavy atom. The molecular weight excluding hydrogens is 383 g/mol. The van der Waals surface area contributed by atoms with Crippen molar-refractivity contribution < 1.29 is 13.6 Å². The number of halogens is 4. The minimum atomic E-state index is -0.700. The maximum atomic E-state index is 14.2. The van der Waals surface area contributed by atoms with E-state index in [1.165, 1.54) is 18.3 Å². The number of hydrogen-bond donors (Lipinski definition) is 2. The molecule has 3 rings (SSSR count). The van der Waals surface area contributed by atoms with Gasteiger partial charge in [0.15, 0.2) is 0 Å². The number of nitrogens with one attached hydrogen (secondary N) is 2. The molecule has 0 saturated heterocycles. The van der Waals surface area contributed by atoms with Crippen LogP contribution in [0.15, 0.2) is 24.4 Å². The van der Waals surface area contributed by atoms with E-state index in [-0.39, 0.29) is 27.5 Å². The van der Waals surface area contributed by atoms with Crippen LogP contribution >= 0.6 is 23.2 Å². The van der Waals surface area contributed by atoms with E-state index in [0.29, 0.717) is 24.1 Å². The lowest BCUT2D eigenvalue weighted by molar-refractivity contribution is 0.247. The Morgan fingerprint density at radius 2 is 1.92 bits per heavy atom. The number of hydrogen-bond acceptors (Lipinski definition) is 2. The van der Waals surface area contributed by atoms with Gasteiger partial charge in [-0.05, 0) is 43.4 Å². The van der Waals surface area contributed by atoms with Gasteiger partial charge in [0.1, 0.15) is 11.6 Å². The summed E-state index contributed by atoms with van der Waals surface area (Å²) in [5.74, 6) is -0.755. The molecule has 1 heterocycles. The van der Waals surface area contributed by atoms with Crippen molar-refractivity contribution in [3.8, 4) is 0 Å². The molecule has 4 nitrogen and oxygen atoms in total. The van der Waals surface area contributed by atoms with E-state index < -0.39 is 17.9 Å². The maximum Gasteiger partial charge on any atom is 0.319 e. The van der Waals surface area contributed by atoms with Gasteiger partial charge in [0.2, 0.25) is 0 Å². The fraction of sp³-hybridized carbons (Fsp3) is 0.333. The van der Waals surface area contributed by atoms with Gasteiger partial charge in [-0.15, -0.1) is 0 Å². The van der Waals surface area contributed by atoms with Gasteiger partial charge < -0.3 is 10.6 Å². The molecule has 0 fully saturated rings. The zero-order valence-corrected chi connectivity index (χ0v) is 15.5. The number of urea groups is 1. The highest BCUT2D eigenvalue weighted by molar-refractivity contribution is 6.42. The second-order valence-corrected chi connectivity index (χ2v) is 7.25. The number of nitrogens with zero attached hydrogens (tertiary/aromatic N) is 1. The third-order valence-corrected chi connectivity index (χ3v) is 5.15. The van der Waals surface area contributed by atoms with Gasteiger partial charge in [-0.25, -0.2) is 13.6 Å². The zero-order valence-electron chi connectivity index (χ0n) is 14.0. The van der Waals surface area contributed by atoms with Crippen molar-refractivity contribution in [1.82, 2.24) is 10.3 Å². The van der Waals surface area contributed by atoms with Crippen LogP contribution in [0, 0.1) is 17.6 Å². The number of carbonyl (C=O) groups is 1. The van der Waals surface area contributed by atoms with Gasteiger partial charge in [0, 0.05) is 11.8 Å². The molecule has 1 unspecified atom stereocenters. The third-order valence-electron chi connectivity index (χ3n) is 4.43. The van der Waals surface area contributed by atoms with Crippen LogP contribution in [0.3, 0.4) is 0 Å². The van der Waals surface area contributed by atoms with Crippen molar-refractivity contribution in [2.75, 3.05) is 5.32 Å². The van der Waals surface area contributed by atoms with Gasteiger partial charge in [0.05, 0.1) is 27.5 Å². The number of anilines is 1. The normalized spacial score (nSPS) is 19.4. The highest BCUT2D eigenvalue weighted by Crippen LogP contribution is 2.32. The molecule has 0 radical (unpaired) electrons. The molecule has 0 aliphatic heterocycles. The number of pyridine rings is 1. The van der Waals surface area contributed by atoms with Crippen molar-refractivity contribution >= 4 is 34.9 Å². The fourth-order valence-electron chi connectivity index (χ4n) is 3.10. The number of rotatable bonds is 2. The summed E-state index contributed by atoms with van der Waals surface area (Å²) in [4.78, 5) is 16.6. The number of benzene rings is 1. The molecule has 1 aliphatic rings. The molecule has 0 spiro atoms. The highest BCUT2D eigenvalue weighted by Gasteiger charge is 2.26. The van der Waals surface area contributed by atoms with E-state index in [1.54, 1.807) is 0 Å². The third kappa shape index (κ3) is 4.07. The Hall–Kier alpha value is -1.92. The summed E-state index contributed by atoms with van der Waals surface area (Å²) >= 11 is 11.6. The predicted molar refractivity (Wildman–Crippen MR) is 97.6 cm³/mol. The number of fused-ring (bicyclic) bond motifs is 1. The van der Waals surface area contributed by atoms with Crippen molar-refractivity contribution in [3.63, 3.8) is 0 Å². The molecular formula is C18H17Cl2F2N3O. The Balaban J connectivity index is 1.80. The topological polar surface area (TPSA) is 54.0 Å². The lowest BCUT2D eigenvalue weighted by Gasteiger charge is -2.19. The van der Waals surface area contributed by atoms with E-state index in [0.717, 1.165) is 12.5 Å². The first-order valence-electron chi connectivity index (χ1n) is 8.20. The van der Waals surface area contributed by atoms with E-state index in [9.17, 15) is 13.6 Å². The molecule has 2 N–H and O–H groups in total. The SMILES string of the molecule is CC1CC[C@@H](NC(=O)Nc2cc(Cl)c(Cl)cc2F)c2nccc(F)c2C1. The standard InChI is InChI=1S/C18H17Cl2F2N3O/c1-9-2-3-15(17-10(6-9)13(21)4-5-23-17)24-18(26)25-16-8-12(20)11(19)7-14(16)22/h4-5,7-9,15H,2-3,6H2,1H3,(H2,24,25,26)/t9?,15-/m1/s1. The summed E-state index contributed by atoms with van der Waals surface area (Å²) in [6, 6.07) is 2.49. The van der Waals surface area contributed by atoms with Gasteiger partial charge in [-0.2, -0.15) is 0 Å². The summed E-state index contributed by atoms with van der Waals surface area (Å²) in [5, 5.41) is 5.35. The molecule has 26 heavy (non-hydrogen) atoms. The lowest BCUT2D eigenvalue weighted by Crippen LogP contribution is -2.33. The zero-order chi connectivity index (χ0) is 18.8. The van der Waals surface area contributed by atoms with E-state index >= 15 is 0 Å². The van der Waals surface area contributed by atoms with Crippen LogP contribution in [-0.2, 0) is 6.42 Å². The highest BCUT2D eigenvalue weighted by atomic mass is 35.5. The number of carbonyl (C=O) groups excluding carboxylic acids is 1. The summed E-state index contributed by atoms with van der Waals surface area (Å²) in [6.45, 7) is 2.03. The van der Waals surface area contributed by atoms with Crippen molar-refractivity contribution in [1.29, 1.82) is 0 Å². The van der Waals surface area contributed by atoms with Gasteiger partial charge >= 0.3 is 6.03 Å². The Morgan fingerprint density at radius 3 is 2.69 bits per heavy atom. The van der Waals surface area contributed by atoms with Crippen LogP contribution in [0.2, 0.25) is 10.0 Å². The summed E-state index contributed by atoms with van der Waals surface area (Å²) < 4.78 is 28.1. The van der Waals surface area contributed by atoms with Crippen LogP contribution in [0.5, 0.6) is 0 Å². The molecule has 1 aliphatic carbocycles. The van der Waals surface area contributed by atoms with Crippen LogP contribution in [-0.4, -0.2) is 11.0 Å². The minimum Gasteiger partial charge on any atom is -0.329 e. The fourth-order valence-corrected chi connectivity index (χ4v) is 3.41. The van der Waals surface area contributed by atoms with Crippen molar-refractivity contribution in [2.45, 2.75) is 32.2 Å². The second kappa shape index (κ2) is 7.76. The lowest BCUT2D eigenvalue weighted by atomic mass is 10.00. The molecule has 0 bridgehead atoms. The Bertz CT molecular complexity index is 847. The molecule has 2 amide bonds. The molecule has 2 aromatic rings. The average molecular weight is 400 g/mol. The smallest absolute Gasteiger partial charge is 0.319 e. The van der Waals surface area contributed by atoms with Gasteiger partial charge in [-0.3, -0.25) is 4.98 Å². The van der Waals surface area contributed by atoms with E-state index in [1.807, 2.05) is 6.92 Å². The summed E-state index contributed by atoms with van der Waals surface area (Å²) in [7, 11) is 0. The first-order chi connectivity index (χ1) is 12.3. The molecule has 138 valence electrons. The maximum absolute atomic E-state index is 14.2. The molecule has 2 atom stereocenters. The first-order valence-corrected chi connectivity index (χ1v) is 8.96. The predicted octanol–water partition coefficient (Wildman–Crippen LogP) is 5.50. The number of amides is 2. The van der Waals surface area contributed by atoms with Crippen molar-refractivity contribution in [3.05, 3.63) is 57.3 Å². The van der Waals surface area contributed by atoms with Gasteiger partial charge in [-0.1, -0.05) is 30.1 Å². The van der Waals surface area contributed by atoms with Crippen LogP contribution < -0.4 is 10.6 Å². The van der Waals surface area contributed by atoms with Crippen LogP contribution in [0.1, 0.15) is 37.1 Å². The van der Waals surface area contributed by atoms with E-state index in [4.69, 9.17) is 23.2 Å². The Kier molecular flexibility index (Phi) is 5.63. The molecule has 8 heteroatoms. The minimum absolute atomic E-state index is 0.0569. The van der Waals surface area contributed by atoms with Crippen LogP contribution in [0.4, 0.5) is 19.3 Å². The molecule has 1 aromatic heterocycles. The van der Waals surface area contributed by atoms with Gasteiger partial charge in [0.25, 0.3) is 0 Å². The molecule has 0 saturated carbocycles. The largest absolute Gasteiger partial charge is 0.329 e. The summed E-state index contributed by atoms with van der Waals surface area (Å²) in [5.41, 5.74) is 0.939. The first kappa shape index (κ1) is 18.9. The number of aromatic nitrogens is 1. The Labute approximate surface area is 159 Å². The monoisotopic (exact) mass is 399 g/mol. The summed E-state index contributed by atoms with van der Waals surface area (Å²) in [6.07, 6.45) is 3.37. The van der Waals surface area contributed by atoms with Crippen LogP contribution in [0.25, 0.3) is 0 Å². The quantitative estimate of drug-likeness (QED) is 0.517. The van der Waals surface area contributed by atoms with E-state index in [2.05, 4.69) is 15.6 Å². The molecule has 1 aromatic carbocycles.